The Bertz CT molecular complexity index is 244. The molecule has 1 aliphatic carbocycles. The Balaban J connectivity index is 2.04. The standard InChI is InChI=1S/C12H20BrNO/c1-2-9-5-3-4-6-11(9)14-8-7-10(13)12(14)15/h9-11H,2-8H2,1H3. The molecule has 3 atom stereocenters. The minimum absolute atomic E-state index is 0.0944. The third-order valence-corrected chi connectivity index (χ3v) is 4.82. The first-order chi connectivity index (χ1) is 7.24. The van der Waals surface area contributed by atoms with Crippen LogP contribution in [0.2, 0.25) is 0 Å². The van der Waals surface area contributed by atoms with Gasteiger partial charge in [-0.2, -0.15) is 0 Å². The second-order valence-electron chi connectivity index (χ2n) is 4.81. The maximum absolute atomic E-state index is 11.9. The van der Waals surface area contributed by atoms with Crippen molar-refractivity contribution in [3.05, 3.63) is 0 Å². The monoisotopic (exact) mass is 273 g/mol. The number of rotatable bonds is 2. The molecule has 2 rings (SSSR count). The van der Waals surface area contributed by atoms with Crippen molar-refractivity contribution in [1.82, 2.24) is 4.90 Å². The molecular weight excluding hydrogens is 254 g/mol. The van der Waals surface area contributed by atoms with Gasteiger partial charge < -0.3 is 4.90 Å². The summed E-state index contributed by atoms with van der Waals surface area (Å²) < 4.78 is 0. The molecule has 15 heavy (non-hydrogen) atoms. The molecule has 2 fully saturated rings. The summed E-state index contributed by atoms with van der Waals surface area (Å²) in [6.07, 6.45) is 7.42. The number of likely N-dealkylation sites (tertiary alicyclic amines) is 1. The van der Waals surface area contributed by atoms with Crippen molar-refractivity contribution in [2.75, 3.05) is 6.54 Å². The molecule has 1 saturated carbocycles. The molecule has 0 radical (unpaired) electrons. The Morgan fingerprint density at radius 2 is 2.07 bits per heavy atom. The highest BCUT2D eigenvalue weighted by Crippen LogP contribution is 2.34. The van der Waals surface area contributed by atoms with E-state index in [1.165, 1.54) is 32.1 Å². The molecule has 1 amide bonds. The molecule has 0 aromatic carbocycles. The van der Waals surface area contributed by atoms with Crippen molar-refractivity contribution in [2.45, 2.75) is 56.3 Å². The van der Waals surface area contributed by atoms with Crippen LogP contribution in [-0.2, 0) is 4.79 Å². The molecule has 2 aliphatic rings. The van der Waals surface area contributed by atoms with Gasteiger partial charge in [0.1, 0.15) is 0 Å². The fourth-order valence-corrected chi connectivity index (χ4v) is 3.54. The van der Waals surface area contributed by atoms with E-state index in [2.05, 4.69) is 27.8 Å². The van der Waals surface area contributed by atoms with E-state index in [9.17, 15) is 4.79 Å². The topological polar surface area (TPSA) is 20.3 Å². The van der Waals surface area contributed by atoms with Crippen molar-refractivity contribution >= 4 is 21.8 Å². The van der Waals surface area contributed by atoms with Gasteiger partial charge in [0.15, 0.2) is 0 Å². The van der Waals surface area contributed by atoms with Crippen LogP contribution in [0.3, 0.4) is 0 Å². The predicted octanol–water partition coefficient (Wildman–Crippen LogP) is 2.95. The fraction of sp³-hybridized carbons (Fsp3) is 0.917. The maximum Gasteiger partial charge on any atom is 0.236 e. The molecule has 0 N–H and O–H groups in total. The molecular formula is C12H20BrNO. The zero-order chi connectivity index (χ0) is 10.8. The molecule has 0 aromatic rings. The van der Waals surface area contributed by atoms with Gasteiger partial charge in [-0.05, 0) is 25.2 Å². The Morgan fingerprint density at radius 3 is 2.67 bits per heavy atom. The van der Waals surface area contributed by atoms with Gasteiger partial charge in [0, 0.05) is 12.6 Å². The van der Waals surface area contributed by atoms with Crippen LogP contribution in [0.5, 0.6) is 0 Å². The summed E-state index contributed by atoms with van der Waals surface area (Å²) in [5.74, 6) is 1.08. The van der Waals surface area contributed by atoms with Gasteiger partial charge in [-0.3, -0.25) is 4.79 Å². The number of hydrogen-bond donors (Lipinski definition) is 0. The van der Waals surface area contributed by atoms with Crippen molar-refractivity contribution < 1.29 is 4.79 Å². The van der Waals surface area contributed by atoms with Crippen LogP contribution in [0.25, 0.3) is 0 Å². The van der Waals surface area contributed by atoms with Gasteiger partial charge in [-0.1, -0.05) is 42.1 Å². The summed E-state index contributed by atoms with van der Waals surface area (Å²) in [6.45, 7) is 3.23. The number of carbonyl (C=O) groups excluding carboxylic acids is 1. The summed E-state index contributed by atoms with van der Waals surface area (Å²) in [5, 5.41) is 0. The summed E-state index contributed by atoms with van der Waals surface area (Å²) in [7, 11) is 0. The van der Waals surface area contributed by atoms with Gasteiger partial charge in [0.25, 0.3) is 0 Å². The number of amides is 1. The zero-order valence-corrected chi connectivity index (χ0v) is 11.0. The first-order valence-electron chi connectivity index (χ1n) is 6.18. The molecule has 0 aromatic heterocycles. The molecule has 0 bridgehead atoms. The predicted molar refractivity (Wildman–Crippen MR) is 65.1 cm³/mol. The third-order valence-electron chi connectivity index (χ3n) is 3.97. The number of hydrogen-bond acceptors (Lipinski definition) is 1. The molecule has 1 aliphatic heterocycles. The zero-order valence-electron chi connectivity index (χ0n) is 9.42. The average Bonchev–Trinajstić information content (AvgIpc) is 2.60. The fourth-order valence-electron chi connectivity index (χ4n) is 3.07. The Kier molecular flexibility index (Phi) is 3.70. The highest BCUT2D eigenvalue weighted by Gasteiger charge is 2.38. The lowest BCUT2D eigenvalue weighted by Crippen LogP contribution is -2.44. The average molecular weight is 274 g/mol. The normalized spacial score (nSPS) is 37.3. The van der Waals surface area contributed by atoms with Gasteiger partial charge in [0.2, 0.25) is 5.91 Å². The number of alkyl halides is 1. The number of nitrogens with zero attached hydrogens (tertiary/aromatic N) is 1. The van der Waals surface area contributed by atoms with E-state index in [0.717, 1.165) is 18.9 Å². The molecule has 2 nitrogen and oxygen atoms in total. The molecule has 3 heteroatoms. The van der Waals surface area contributed by atoms with E-state index in [4.69, 9.17) is 0 Å². The largest absolute Gasteiger partial charge is 0.338 e. The van der Waals surface area contributed by atoms with Crippen molar-refractivity contribution in [3.8, 4) is 0 Å². The van der Waals surface area contributed by atoms with Crippen LogP contribution < -0.4 is 0 Å². The van der Waals surface area contributed by atoms with Gasteiger partial charge in [-0.15, -0.1) is 0 Å². The van der Waals surface area contributed by atoms with E-state index in [-0.39, 0.29) is 4.83 Å². The lowest BCUT2D eigenvalue weighted by atomic mass is 9.82. The summed E-state index contributed by atoms with van der Waals surface area (Å²) in [6, 6.07) is 0.541. The molecule has 3 unspecified atom stereocenters. The van der Waals surface area contributed by atoms with Crippen LogP contribution in [-0.4, -0.2) is 28.2 Å². The van der Waals surface area contributed by atoms with Gasteiger partial charge in [-0.25, -0.2) is 0 Å². The third kappa shape index (κ3) is 2.22. The van der Waals surface area contributed by atoms with Crippen LogP contribution in [0.15, 0.2) is 0 Å². The second kappa shape index (κ2) is 4.86. The number of carbonyl (C=O) groups is 1. The van der Waals surface area contributed by atoms with Crippen LogP contribution >= 0.6 is 15.9 Å². The van der Waals surface area contributed by atoms with Crippen LogP contribution in [0, 0.1) is 5.92 Å². The van der Waals surface area contributed by atoms with Crippen LogP contribution in [0.4, 0.5) is 0 Å². The molecule has 0 spiro atoms. The summed E-state index contributed by atoms with van der Waals surface area (Å²) >= 11 is 3.46. The van der Waals surface area contributed by atoms with Gasteiger partial charge in [0.05, 0.1) is 4.83 Å². The SMILES string of the molecule is CCC1CCCCC1N1CCC(Br)C1=O. The van der Waals surface area contributed by atoms with Crippen molar-refractivity contribution in [2.24, 2.45) is 5.92 Å². The van der Waals surface area contributed by atoms with Crippen molar-refractivity contribution in [1.29, 1.82) is 0 Å². The molecule has 1 heterocycles. The summed E-state index contributed by atoms with van der Waals surface area (Å²) in [5.41, 5.74) is 0. The Morgan fingerprint density at radius 1 is 1.33 bits per heavy atom. The van der Waals surface area contributed by atoms with Gasteiger partial charge >= 0.3 is 0 Å². The van der Waals surface area contributed by atoms with Crippen molar-refractivity contribution in [3.63, 3.8) is 0 Å². The highest BCUT2D eigenvalue weighted by molar-refractivity contribution is 9.10. The van der Waals surface area contributed by atoms with E-state index >= 15 is 0 Å². The smallest absolute Gasteiger partial charge is 0.236 e. The van der Waals surface area contributed by atoms with Crippen LogP contribution in [0.1, 0.15) is 45.4 Å². The summed E-state index contributed by atoms with van der Waals surface area (Å²) in [4.78, 5) is 14.2. The molecule has 86 valence electrons. The first kappa shape index (κ1) is 11.4. The first-order valence-corrected chi connectivity index (χ1v) is 7.10. The van der Waals surface area contributed by atoms with E-state index in [1.807, 2.05) is 0 Å². The lowest BCUT2D eigenvalue weighted by molar-refractivity contribution is -0.130. The maximum atomic E-state index is 11.9. The van der Waals surface area contributed by atoms with E-state index in [0.29, 0.717) is 11.9 Å². The Hall–Kier alpha value is -0.0500. The van der Waals surface area contributed by atoms with E-state index < -0.39 is 0 Å². The number of halogens is 1. The molecule has 1 saturated heterocycles. The minimum atomic E-state index is 0.0944. The van der Waals surface area contributed by atoms with E-state index in [1.54, 1.807) is 0 Å². The highest BCUT2D eigenvalue weighted by atomic mass is 79.9. The Labute approximate surface area is 101 Å². The lowest BCUT2D eigenvalue weighted by Gasteiger charge is -2.37. The quantitative estimate of drug-likeness (QED) is 0.709. The second-order valence-corrected chi connectivity index (χ2v) is 5.91. The minimum Gasteiger partial charge on any atom is -0.338 e.